The minimum absolute atomic E-state index is 0.00372. The first-order valence-electron chi connectivity index (χ1n) is 12.1. The molecule has 1 N–H and O–H groups in total. The van der Waals surface area contributed by atoms with Crippen LogP contribution in [0.2, 0.25) is 0 Å². The summed E-state index contributed by atoms with van der Waals surface area (Å²) in [5.41, 5.74) is 0.673. The number of carbonyl (C=O) groups is 5. The van der Waals surface area contributed by atoms with Crippen LogP contribution in [0.1, 0.15) is 38.8 Å². The molecule has 3 amide bonds. The molecule has 0 aliphatic heterocycles. The molecule has 0 aliphatic carbocycles. The Morgan fingerprint density at radius 2 is 1.32 bits per heavy atom. The van der Waals surface area contributed by atoms with Crippen LogP contribution in [0, 0.1) is 0 Å². The van der Waals surface area contributed by atoms with Crippen molar-refractivity contribution in [3.05, 3.63) is 71.8 Å². The Kier molecular flexibility index (Phi) is 11.0. The number of nitrogens with one attached hydrogen (secondary N) is 1. The Bertz CT molecular complexity index is 1110. The third kappa shape index (κ3) is 10.0. The number of ether oxygens (including phenoxy) is 2. The zero-order valence-electron chi connectivity index (χ0n) is 22.4. The molecular weight excluding hydrogens is 490 g/mol. The molecule has 38 heavy (non-hydrogen) atoms. The zero-order chi connectivity index (χ0) is 28.3. The Hall–Kier alpha value is -4.21. The lowest BCUT2D eigenvalue weighted by Crippen LogP contribution is -2.51. The summed E-state index contributed by atoms with van der Waals surface area (Å²) < 4.78 is 9.91. The van der Waals surface area contributed by atoms with E-state index in [-0.39, 0.29) is 13.1 Å². The molecule has 2 aromatic carbocycles. The van der Waals surface area contributed by atoms with Crippen molar-refractivity contribution in [3.63, 3.8) is 0 Å². The van der Waals surface area contributed by atoms with E-state index in [2.05, 4.69) is 10.1 Å². The SMILES string of the molecule is COC(=O)CN(Cc1ccccc1)C(=O)C(=O)CN(Cc1ccccc1)C(=O)C(C)NC(=O)OC(C)(C)C. The van der Waals surface area contributed by atoms with Crippen molar-refractivity contribution < 1.29 is 33.4 Å². The van der Waals surface area contributed by atoms with Crippen LogP contribution in [-0.2, 0) is 41.7 Å². The normalized spacial score (nSPS) is 11.6. The molecule has 0 saturated heterocycles. The first-order chi connectivity index (χ1) is 17.9. The number of hydrogen-bond acceptors (Lipinski definition) is 7. The van der Waals surface area contributed by atoms with Crippen LogP contribution in [0.4, 0.5) is 4.79 Å². The number of nitrogens with zero attached hydrogens (tertiary/aromatic N) is 2. The van der Waals surface area contributed by atoms with Gasteiger partial charge in [-0.3, -0.25) is 19.2 Å². The highest BCUT2D eigenvalue weighted by Gasteiger charge is 2.30. The van der Waals surface area contributed by atoms with E-state index in [0.717, 1.165) is 10.5 Å². The number of ketones is 1. The molecule has 2 rings (SSSR count). The maximum Gasteiger partial charge on any atom is 0.408 e. The summed E-state index contributed by atoms with van der Waals surface area (Å²) in [7, 11) is 1.19. The fourth-order valence-electron chi connectivity index (χ4n) is 3.48. The number of amides is 3. The molecule has 1 unspecified atom stereocenters. The smallest absolute Gasteiger partial charge is 0.408 e. The summed E-state index contributed by atoms with van der Waals surface area (Å²) in [6, 6.07) is 16.8. The largest absolute Gasteiger partial charge is 0.468 e. The Labute approximate surface area is 222 Å². The van der Waals surface area contributed by atoms with Gasteiger partial charge in [-0.2, -0.15) is 0 Å². The third-order valence-corrected chi connectivity index (χ3v) is 5.26. The maximum atomic E-state index is 13.3. The van der Waals surface area contributed by atoms with Gasteiger partial charge in [0.2, 0.25) is 11.7 Å². The second-order valence-corrected chi connectivity index (χ2v) is 9.69. The summed E-state index contributed by atoms with van der Waals surface area (Å²) in [5, 5.41) is 2.47. The molecule has 0 bridgehead atoms. The number of carbonyl (C=O) groups excluding carboxylic acids is 5. The predicted molar refractivity (Wildman–Crippen MR) is 140 cm³/mol. The highest BCUT2D eigenvalue weighted by Crippen LogP contribution is 2.11. The van der Waals surface area contributed by atoms with E-state index in [4.69, 9.17) is 4.74 Å². The van der Waals surface area contributed by atoms with Gasteiger partial charge in [0, 0.05) is 13.1 Å². The van der Waals surface area contributed by atoms with E-state index < -0.39 is 54.4 Å². The van der Waals surface area contributed by atoms with Crippen LogP contribution in [-0.4, -0.2) is 71.3 Å². The van der Waals surface area contributed by atoms with Gasteiger partial charge in [0.25, 0.3) is 5.91 Å². The second kappa shape index (κ2) is 13.9. The van der Waals surface area contributed by atoms with Crippen molar-refractivity contribution >= 4 is 29.7 Å². The fourth-order valence-corrected chi connectivity index (χ4v) is 3.48. The fraction of sp³-hybridized carbons (Fsp3) is 0.393. The number of rotatable bonds is 11. The molecule has 204 valence electrons. The molecule has 0 saturated carbocycles. The van der Waals surface area contributed by atoms with E-state index in [9.17, 15) is 24.0 Å². The van der Waals surface area contributed by atoms with Gasteiger partial charge in [-0.15, -0.1) is 0 Å². The summed E-state index contributed by atoms with van der Waals surface area (Å²) in [4.78, 5) is 66.0. The van der Waals surface area contributed by atoms with Gasteiger partial charge < -0.3 is 24.6 Å². The van der Waals surface area contributed by atoms with Gasteiger partial charge in [-0.05, 0) is 38.8 Å². The predicted octanol–water partition coefficient (Wildman–Crippen LogP) is 2.70. The van der Waals surface area contributed by atoms with Crippen LogP contribution in [0.15, 0.2) is 60.7 Å². The highest BCUT2D eigenvalue weighted by molar-refractivity contribution is 6.37. The number of Topliss-reactive ketones (excluding diaryl/α,β-unsaturated/α-hetero) is 1. The Balaban J connectivity index is 2.23. The molecule has 0 aliphatic rings. The summed E-state index contributed by atoms with van der Waals surface area (Å²) >= 11 is 0. The number of alkyl carbamates (subject to hydrolysis) is 1. The number of benzene rings is 2. The standard InChI is InChI=1S/C28H35N3O7/c1-20(29-27(36)38-28(2,3)4)25(34)30(16-21-12-8-6-9-13-21)18-23(32)26(35)31(19-24(33)37-5)17-22-14-10-7-11-15-22/h6-15,20H,16-19H2,1-5H3,(H,29,36). The van der Waals surface area contributed by atoms with Crippen LogP contribution in [0.25, 0.3) is 0 Å². The molecule has 0 fully saturated rings. The summed E-state index contributed by atoms with van der Waals surface area (Å²) in [5.74, 6) is -3.09. The van der Waals surface area contributed by atoms with Gasteiger partial charge in [-0.1, -0.05) is 60.7 Å². The summed E-state index contributed by atoms with van der Waals surface area (Å²) in [6.45, 7) is 5.59. The second-order valence-electron chi connectivity index (χ2n) is 9.69. The van der Waals surface area contributed by atoms with Crippen molar-refractivity contribution in [1.82, 2.24) is 15.1 Å². The average Bonchev–Trinajstić information content (AvgIpc) is 2.86. The van der Waals surface area contributed by atoms with E-state index in [1.165, 1.54) is 18.9 Å². The zero-order valence-corrected chi connectivity index (χ0v) is 22.4. The quantitative estimate of drug-likeness (QED) is 0.354. The van der Waals surface area contributed by atoms with Gasteiger partial charge >= 0.3 is 12.1 Å². The lowest BCUT2D eigenvalue weighted by Gasteiger charge is -2.28. The molecular formula is C28H35N3O7. The highest BCUT2D eigenvalue weighted by atomic mass is 16.6. The Morgan fingerprint density at radius 1 is 0.816 bits per heavy atom. The van der Waals surface area contributed by atoms with Crippen molar-refractivity contribution in [2.45, 2.75) is 52.4 Å². The van der Waals surface area contributed by atoms with E-state index in [1.54, 1.807) is 75.4 Å². The van der Waals surface area contributed by atoms with E-state index in [1.807, 2.05) is 6.07 Å². The number of esters is 1. The van der Waals surface area contributed by atoms with Crippen molar-refractivity contribution in [3.8, 4) is 0 Å². The van der Waals surface area contributed by atoms with Crippen molar-refractivity contribution in [2.75, 3.05) is 20.2 Å². The molecule has 0 radical (unpaired) electrons. The van der Waals surface area contributed by atoms with Crippen LogP contribution < -0.4 is 5.32 Å². The number of hydrogen-bond donors (Lipinski definition) is 1. The maximum absolute atomic E-state index is 13.3. The molecule has 2 aromatic rings. The molecule has 10 nitrogen and oxygen atoms in total. The molecule has 0 spiro atoms. The average molecular weight is 526 g/mol. The lowest BCUT2D eigenvalue weighted by atomic mass is 10.1. The first-order valence-corrected chi connectivity index (χ1v) is 12.1. The van der Waals surface area contributed by atoms with Gasteiger partial charge in [0.1, 0.15) is 18.2 Å². The van der Waals surface area contributed by atoms with Crippen molar-refractivity contribution in [1.29, 1.82) is 0 Å². The van der Waals surface area contributed by atoms with Gasteiger partial charge in [0.05, 0.1) is 13.7 Å². The van der Waals surface area contributed by atoms with Crippen LogP contribution >= 0.6 is 0 Å². The molecule has 0 aromatic heterocycles. The minimum atomic E-state index is -1.04. The lowest BCUT2D eigenvalue weighted by molar-refractivity contribution is -0.152. The molecule has 1 atom stereocenters. The molecule has 0 heterocycles. The topological polar surface area (TPSA) is 122 Å². The van der Waals surface area contributed by atoms with Gasteiger partial charge in [-0.25, -0.2) is 4.79 Å². The third-order valence-electron chi connectivity index (χ3n) is 5.26. The van der Waals surface area contributed by atoms with Crippen molar-refractivity contribution in [2.24, 2.45) is 0 Å². The Morgan fingerprint density at radius 3 is 1.79 bits per heavy atom. The molecule has 10 heteroatoms. The van der Waals surface area contributed by atoms with Gasteiger partial charge in [0.15, 0.2) is 0 Å². The first kappa shape index (κ1) is 30.0. The van der Waals surface area contributed by atoms with E-state index in [0.29, 0.717) is 5.56 Å². The summed E-state index contributed by atoms with van der Waals surface area (Å²) in [6.07, 6.45) is -0.785. The monoisotopic (exact) mass is 525 g/mol. The van der Waals surface area contributed by atoms with Crippen LogP contribution in [0.3, 0.4) is 0 Å². The minimum Gasteiger partial charge on any atom is -0.468 e. The van der Waals surface area contributed by atoms with Crippen LogP contribution in [0.5, 0.6) is 0 Å². The van der Waals surface area contributed by atoms with E-state index >= 15 is 0 Å². The number of methoxy groups -OCH3 is 1.